The molecule has 0 saturated carbocycles. The lowest BCUT2D eigenvalue weighted by atomic mass is 10.1. The summed E-state index contributed by atoms with van der Waals surface area (Å²) in [6.45, 7) is 4.70. The maximum Gasteiger partial charge on any atom is 0.322 e. The number of aryl methyl sites for hydroxylation is 2. The molecule has 1 aliphatic rings. The summed E-state index contributed by atoms with van der Waals surface area (Å²) in [5.41, 5.74) is 3.94. The number of carbonyl (C=O) groups is 1. The van der Waals surface area contributed by atoms with Crippen molar-refractivity contribution in [2.75, 3.05) is 11.9 Å². The van der Waals surface area contributed by atoms with Crippen molar-refractivity contribution in [2.24, 2.45) is 0 Å². The first kappa shape index (κ1) is 17.3. The zero-order valence-corrected chi connectivity index (χ0v) is 15.5. The molecule has 0 spiro atoms. The van der Waals surface area contributed by atoms with Gasteiger partial charge >= 0.3 is 6.03 Å². The molecule has 6 nitrogen and oxygen atoms in total. The van der Waals surface area contributed by atoms with Crippen LogP contribution < -0.4 is 5.32 Å². The van der Waals surface area contributed by atoms with Crippen LogP contribution in [0.2, 0.25) is 0 Å². The maximum atomic E-state index is 12.8. The molecule has 27 heavy (non-hydrogen) atoms. The van der Waals surface area contributed by atoms with Gasteiger partial charge in [0.15, 0.2) is 0 Å². The Kier molecular flexibility index (Phi) is 4.62. The van der Waals surface area contributed by atoms with Gasteiger partial charge in [-0.15, -0.1) is 0 Å². The fourth-order valence-corrected chi connectivity index (χ4v) is 3.46. The van der Waals surface area contributed by atoms with Crippen LogP contribution >= 0.6 is 0 Å². The molecule has 4 rings (SSSR count). The second-order valence-corrected chi connectivity index (χ2v) is 6.98. The molecule has 6 heteroatoms. The van der Waals surface area contributed by atoms with Gasteiger partial charge in [-0.1, -0.05) is 41.1 Å². The summed E-state index contributed by atoms with van der Waals surface area (Å²) >= 11 is 0. The number of nitrogens with zero attached hydrogens (tertiary/aromatic N) is 3. The highest BCUT2D eigenvalue weighted by Gasteiger charge is 2.34. The number of benzene rings is 2. The van der Waals surface area contributed by atoms with Crippen molar-refractivity contribution in [2.45, 2.75) is 32.7 Å². The van der Waals surface area contributed by atoms with Gasteiger partial charge < -0.3 is 14.7 Å². The molecule has 0 bridgehead atoms. The van der Waals surface area contributed by atoms with E-state index in [-0.39, 0.29) is 12.1 Å². The lowest BCUT2D eigenvalue weighted by Crippen LogP contribution is -2.34. The molecular formula is C21H22N4O2. The normalized spacial score (nSPS) is 16.5. The SMILES string of the molecule is Cc1cccc(NC(=O)N2CCCC2c2nc(-c3cccc(C)c3)no2)c1. The van der Waals surface area contributed by atoms with E-state index in [4.69, 9.17) is 4.52 Å². The average Bonchev–Trinajstić information content (AvgIpc) is 3.31. The number of amides is 2. The minimum atomic E-state index is -0.194. The Labute approximate surface area is 158 Å². The molecule has 1 unspecified atom stereocenters. The standard InChI is InChI=1S/C21H22N4O2/c1-14-6-3-8-16(12-14)19-23-20(27-24-19)18-10-5-11-25(18)21(26)22-17-9-4-7-15(2)13-17/h3-4,6-9,12-13,18H,5,10-11H2,1-2H3,(H,22,26). The Balaban J connectivity index is 1.52. The third-order valence-electron chi connectivity index (χ3n) is 4.79. The van der Waals surface area contributed by atoms with Crippen molar-refractivity contribution in [3.05, 3.63) is 65.5 Å². The number of carbonyl (C=O) groups excluding carboxylic acids is 1. The molecule has 1 aromatic heterocycles. The maximum absolute atomic E-state index is 12.8. The quantitative estimate of drug-likeness (QED) is 0.732. The van der Waals surface area contributed by atoms with Gasteiger partial charge in [-0.05, 0) is 50.5 Å². The molecule has 1 fully saturated rings. The van der Waals surface area contributed by atoms with Crippen LogP contribution in [-0.2, 0) is 0 Å². The largest absolute Gasteiger partial charge is 0.337 e. The van der Waals surface area contributed by atoms with E-state index in [0.717, 1.165) is 35.2 Å². The van der Waals surface area contributed by atoms with Crippen LogP contribution in [0.5, 0.6) is 0 Å². The zero-order chi connectivity index (χ0) is 18.8. The lowest BCUT2D eigenvalue weighted by Gasteiger charge is -2.22. The van der Waals surface area contributed by atoms with Gasteiger partial charge in [0.25, 0.3) is 0 Å². The molecular weight excluding hydrogens is 340 g/mol. The molecule has 138 valence electrons. The van der Waals surface area contributed by atoms with Gasteiger partial charge in [-0.2, -0.15) is 4.98 Å². The number of urea groups is 1. The molecule has 1 saturated heterocycles. The van der Waals surface area contributed by atoms with Crippen LogP contribution in [0.25, 0.3) is 11.4 Å². The van der Waals surface area contributed by atoms with Crippen LogP contribution in [-0.4, -0.2) is 27.6 Å². The minimum absolute atomic E-state index is 0.140. The van der Waals surface area contributed by atoms with E-state index >= 15 is 0 Å². The summed E-state index contributed by atoms with van der Waals surface area (Å²) in [5.74, 6) is 1.04. The first-order chi connectivity index (χ1) is 13.1. The Bertz CT molecular complexity index is 966. The second-order valence-electron chi connectivity index (χ2n) is 6.98. The Morgan fingerprint density at radius 2 is 1.93 bits per heavy atom. The van der Waals surface area contributed by atoms with Crippen molar-refractivity contribution in [1.82, 2.24) is 15.0 Å². The summed E-state index contributed by atoms with van der Waals surface area (Å²) < 4.78 is 5.51. The summed E-state index contributed by atoms with van der Waals surface area (Å²) in [5, 5.41) is 7.08. The number of nitrogens with one attached hydrogen (secondary N) is 1. The molecule has 2 aromatic carbocycles. The highest BCUT2D eigenvalue weighted by atomic mass is 16.5. The topological polar surface area (TPSA) is 71.3 Å². The third kappa shape index (κ3) is 3.69. The zero-order valence-electron chi connectivity index (χ0n) is 15.5. The van der Waals surface area contributed by atoms with Gasteiger partial charge in [-0.25, -0.2) is 4.79 Å². The lowest BCUT2D eigenvalue weighted by molar-refractivity contribution is 0.193. The highest BCUT2D eigenvalue weighted by Crippen LogP contribution is 2.32. The minimum Gasteiger partial charge on any atom is -0.337 e. The van der Waals surface area contributed by atoms with Crippen LogP contribution in [0.1, 0.15) is 35.9 Å². The van der Waals surface area contributed by atoms with E-state index in [2.05, 4.69) is 15.5 Å². The van der Waals surface area contributed by atoms with Crippen molar-refractivity contribution < 1.29 is 9.32 Å². The Morgan fingerprint density at radius 1 is 1.15 bits per heavy atom. The highest BCUT2D eigenvalue weighted by molar-refractivity contribution is 5.89. The smallest absolute Gasteiger partial charge is 0.322 e. The van der Waals surface area contributed by atoms with Crippen molar-refractivity contribution in [3.63, 3.8) is 0 Å². The molecule has 2 heterocycles. The first-order valence-electron chi connectivity index (χ1n) is 9.15. The Hall–Kier alpha value is -3.15. The van der Waals surface area contributed by atoms with E-state index in [9.17, 15) is 4.79 Å². The fraction of sp³-hybridized carbons (Fsp3) is 0.286. The predicted octanol–water partition coefficient (Wildman–Crippen LogP) is 4.72. The molecule has 1 atom stereocenters. The molecule has 3 aromatic rings. The van der Waals surface area contributed by atoms with Gasteiger partial charge in [0.05, 0.1) is 0 Å². The Morgan fingerprint density at radius 3 is 2.70 bits per heavy atom. The number of anilines is 1. The summed E-state index contributed by atoms with van der Waals surface area (Å²) in [7, 11) is 0. The number of aromatic nitrogens is 2. The van der Waals surface area contributed by atoms with E-state index in [1.54, 1.807) is 4.90 Å². The fourth-order valence-electron chi connectivity index (χ4n) is 3.46. The third-order valence-corrected chi connectivity index (χ3v) is 4.79. The number of rotatable bonds is 3. The van der Waals surface area contributed by atoms with Gasteiger partial charge in [-0.3, -0.25) is 0 Å². The molecule has 0 aliphatic carbocycles. The van der Waals surface area contributed by atoms with Gasteiger partial charge in [0, 0.05) is 17.8 Å². The molecule has 1 aliphatic heterocycles. The van der Waals surface area contributed by atoms with Crippen molar-refractivity contribution in [1.29, 1.82) is 0 Å². The summed E-state index contributed by atoms with van der Waals surface area (Å²) in [6, 6.07) is 15.4. The molecule has 0 radical (unpaired) electrons. The van der Waals surface area contributed by atoms with E-state index in [1.807, 2.05) is 62.4 Å². The average molecular weight is 362 g/mol. The summed E-state index contributed by atoms with van der Waals surface area (Å²) in [4.78, 5) is 19.1. The van der Waals surface area contributed by atoms with Crippen LogP contribution in [0, 0.1) is 13.8 Å². The van der Waals surface area contributed by atoms with Crippen LogP contribution in [0.15, 0.2) is 53.1 Å². The summed E-state index contributed by atoms with van der Waals surface area (Å²) in [6.07, 6.45) is 1.73. The predicted molar refractivity (Wildman–Crippen MR) is 103 cm³/mol. The van der Waals surface area contributed by atoms with E-state index in [1.165, 1.54) is 0 Å². The van der Waals surface area contributed by atoms with Gasteiger partial charge in [0.2, 0.25) is 11.7 Å². The number of hydrogen-bond acceptors (Lipinski definition) is 4. The first-order valence-corrected chi connectivity index (χ1v) is 9.15. The monoisotopic (exact) mass is 362 g/mol. The van der Waals surface area contributed by atoms with Crippen LogP contribution in [0.3, 0.4) is 0 Å². The molecule has 1 N–H and O–H groups in total. The van der Waals surface area contributed by atoms with Gasteiger partial charge in [0.1, 0.15) is 6.04 Å². The van der Waals surface area contributed by atoms with E-state index < -0.39 is 0 Å². The van der Waals surface area contributed by atoms with Crippen LogP contribution in [0.4, 0.5) is 10.5 Å². The van der Waals surface area contributed by atoms with Crippen molar-refractivity contribution in [3.8, 4) is 11.4 Å². The number of likely N-dealkylation sites (tertiary alicyclic amines) is 1. The van der Waals surface area contributed by atoms with Crippen molar-refractivity contribution >= 4 is 11.7 Å². The number of hydrogen-bond donors (Lipinski definition) is 1. The van der Waals surface area contributed by atoms with E-state index in [0.29, 0.717) is 18.3 Å². The second kappa shape index (κ2) is 7.23. The molecule has 2 amide bonds.